The second-order valence-electron chi connectivity index (χ2n) is 17.2. The van der Waals surface area contributed by atoms with E-state index in [0.717, 1.165) is 44.9 Å². The van der Waals surface area contributed by atoms with E-state index < -0.39 is 60.1 Å². The van der Waals surface area contributed by atoms with Crippen LogP contribution in [0.4, 0.5) is 9.59 Å². The molecular formula is C36H54N2O10. The Morgan fingerprint density at radius 2 is 1.42 bits per heavy atom. The fourth-order valence-electron chi connectivity index (χ4n) is 11.5. The van der Waals surface area contributed by atoms with E-state index in [-0.39, 0.29) is 46.0 Å². The van der Waals surface area contributed by atoms with Crippen LogP contribution in [0.3, 0.4) is 0 Å². The number of rotatable bonds is 8. The molecule has 4 saturated carbocycles. The topological polar surface area (TPSA) is 189 Å². The first kappa shape index (κ1) is 36.0. The highest BCUT2D eigenvalue weighted by Crippen LogP contribution is 2.76. The molecule has 12 nitrogen and oxygen atoms in total. The molecule has 0 aromatic carbocycles. The summed E-state index contributed by atoms with van der Waals surface area (Å²) in [5, 5.41) is 33.2. The van der Waals surface area contributed by atoms with Crippen LogP contribution < -0.4 is 10.6 Å². The van der Waals surface area contributed by atoms with Gasteiger partial charge in [0, 0.05) is 5.41 Å². The molecule has 5 rings (SSSR count). The minimum absolute atomic E-state index is 0.00256. The molecule has 2 amide bonds. The molecule has 4 fully saturated rings. The van der Waals surface area contributed by atoms with E-state index in [0.29, 0.717) is 19.3 Å². The van der Waals surface area contributed by atoms with Crippen LogP contribution in [0.2, 0.25) is 0 Å². The monoisotopic (exact) mass is 674 g/mol. The summed E-state index contributed by atoms with van der Waals surface area (Å²) in [6.45, 7) is 12.3. The van der Waals surface area contributed by atoms with Gasteiger partial charge >= 0.3 is 30.1 Å². The summed E-state index contributed by atoms with van der Waals surface area (Å²) in [7, 11) is 0. The Labute approximate surface area is 282 Å². The molecular weight excluding hydrogens is 620 g/mol. The van der Waals surface area contributed by atoms with Crippen LogP contribution in [0.15, 0.2) is 11.6 Å². The smallest absolute Gasteiger partial charge is 0.407 e. The van der Waals surface area contributed by atoms with Gasteiger partial charge in [-0.3, -0.25) is 14.4 Å². The molecule has 5 aliphatic rings. The van der Waals surface area contributed by atoms with E-state index >= 15 is 0 Å². The first-order valence-corrected chi connectivity index (χ1v) is 17.5. The second kappa shape index (κ2) is 12.2. The van der Waals surface area contributed by atoms with E-state index in [1.807, 2.05) is 6.92 Å². The third-order valence-electron chi connectivity index (χ3n) is 14.3. The van der Waals surface area contributed by atoms with Crippen LogP contribution in [0.25, 0.3) is 0 Å². The van der Waals surface area contributed by atoms with Crippen molar-refractivity contribution in [3.8, 4) is 0 Å². The van der Waals surface area contributed by atoms with Gasteiger partial charge in [-0.1, -0.05) is 53.2 Å². The lowest BCUT2D eigenvalue weighted by Gasteiger charge is -2.71. The van der Waals surface area contributed by atoms with Crippen molar-refractivity contribution in [2.24, 2.45) is 50.2 Å². The van der Waals surface area contributed by atoms with Crippen molar-refractivity contribution in [2.75, 3.05) is 19.7 Å². The van der Waals surface area contributed by atoms with Gasteiger partial charge in [0.2, 0.25) is 0 Å². The lowest BCUT2D eigenvalue weighted by Crippen LogP contribution is -2.66. The van der Waals surface area contributed by atoms with Crippen LogP contribution in [0.1, 0.15) is 106 Å². The number of alkyl carbamates (subject to hydrolysis) is 2. The predicted molar refractivity (Wildman–Crippen MR) is 174 cm³/mol. The second-order valence-corrected chi connectivity index (χ2v) is 17.2. The highest BCUT2D eigenvalue weighted by atomic mass is 16.6. The number of fused-ring (bicyclic) bond motifs is 7. The molecule has 0 aromatic heterocycles. The number of hydrogen-bond acceptors (Lipinski definition) is 7. The lowest BCUT2D eigenvalue weighted by molar-refractivity contribution is -0.216. The van der Waals surface area contributed by atoms with Crippen LogP contribution in [-0.4, -0.2) is 71.2 Å². The number of carbonyl (C=O) groups excluding carboxylic acids is 2. The lowest BCUT2D eigenvalue weighted by atomic mass is 9.33. The Morgan fingerprint density at radius 1 is 0.792 bits per heavy atom. The Bertz CT molecular complexity index is 1390. The minimum atomic E-state index is -1.20. The van der Waals surface area contributed by atoms with Crippen molar-refractivity contribution in [3.05, 3.63) is 11.6 Å². The molecule has 0 spiro atoms. The first-order valence-electron chi connectivity index (χ1n) is 17.5. The predicted octanol–water partition coefficient (Wildman–Crippen LogP) is 5.84. The van der Waals surface area contributed by atoms with Crippen molar-refractivity contribution >= 4 is 30.1 Å². The summed E-state index contributed by atoms with van der Waals surface area (Å²) >= 11 is 0. The van der Waals surface area contributed by atoms with Crippen molar-refractivity contribution in [1.82, 2.24) is 10.6 Å². The van der Waals surface area contributed by atoms with Crippen molar-refractivity contribution in [1.29, 1.82) is 0 Å². The van der Waals surface area contributed by atoms with Gasteiger partial charge < -0.3 is 35.4 Å². The Kier molecular flexibility index (Phi) is 9.17. The summed E-state index contributed by atoms with van der Waals surface area (Å²) in [6, 6.07) is 0. The molecule has 5 aliphatic carbocycles. The zero-order chi connectivity index (χ0) is 35.5. The molecule has 0 radical (unpaired) electrons. The number of amides is 2. The number of hydrogen-bond donors (Lipinski definition) is 5. The molecule has 9 atom stereocenters. The zero-order valence-electron chi connectivity index (χ0n) is 29.3. The normalized spacial score (nSPS) is 41.1. The van der Waals surface area contributed by atoms with Crippen molar-refractivity contribution in [3.63, 3.8) is 0 Å². The number of carboxylic acids is 3. The third kappa shape index (κ3) is 5.74. The number of allylic oxidation sites excluding steroid dienone is 2. The van der Waals surface area contributed by atoms with Crippen LogP contribution in [0, 0.1) is 50.2 Å². The number of carbonyl (C=O) groups is 5. The Morgan fingerprint density at radius 3 is 2.04 bits per heavy atom. The van der Waals surface area contributed by atoms with Gasteiger partial charge in [0.25, 0.3) is 0 Å². The highest BCUT2D eigenvalue weighted by molar-refractivity contribution is 5.77. The molecule has 0 bridgehead atoms. The molecule has 0 aromatic rings. The fourth-order valence-corrected chi connectivity index (χ4v) is 11.5. The average Bonchev–Trinajstić information content (AvgIpc) is 2.99. The van der Waals surface area contributed by atoms with Gasteiger partial charge in [-0.25, -0.2) is 9.59 Å². The van der Waals surface area contributed by atoms with Gasteiger partial charge in [-0.2, -0.15) is 0 Å². The maximum absolute atomic E-state index is 13.0. The van der Waals surface area contributed by atoms with Gasteiger partial charge in [-0.15, -0.1) is 0 Å². The number of carboxylic acid groups (broad SMARTS) is 3. The van der Waals surface area contributed by atoms with Crippen LogP contribution in [-0.2, 0) is 23.9 Å². The molecule has 0 aliphatic heterocycles. The van der Waals surface area contributed by atoms with Crippen molar-refractivity contribution < 1.29 is 48.8 Å². The van der Waals surface area contributed by atoms with Crippen molar-refractivity contribution in [2.45, 2.75) is 112 Å². The largest absolute Gasteiger partial charge is 0.481 e. The summed E-state index contributed by atoms with van der Waals surface area (Å²) in [5.74, 6) is -2.89. The maximum atomic E-state index is 13.0. The van der Waals surface area contributed by atoms with E-state index in [2.05, 4.69) is 51.3 Å². The van der Waals surface area contributed by atoms with E-state index in [9.17, 15) is 29.1 Å². The summed E-state index contributed by atoms with van der Waals surface area (Å²) in [5.41, 5.74) is -0.734. The summed E-state index contributed by atoms with van der Waals surface area (Å²) in [6.07, 6.45) is 7.58. The van der Waals surface area contributed by atoms with E-state index in [1.165, 1.54) is 5.57 Å². The molecule has 0 heterocycles. The standard InChI is InChI=1S/C36H54N2O10/c1-31(2)13-15-36(28(43)44)16-14-34(5)21(22(36)17-31)7-8-24-32(3)11-10-25(48-30(46)38-19-27(41)42)33(4,23(32)9-12-35(24,34)6)20-47-29(45)37-18-26(39)40/h7,22-25H,8-20H2,1-6H3,(H,37,45)(H,38,46)(H,39,40)(H,41,42)(H,43,44)/t22-,23+,24+,25-,32-,33?,34+,35+,36-/m0/s1. The van der Waals surface area contributed by atoms with Gasteiger partial charge in [0.05, 0.1) is 5.41 Å². The SMILES string of the molecule is CC1(C)CC[C@]2(C(=O)O)CC[C@]3(C)C(=CC[C@@H]4[C@@]5(C)CC[C@H](OC(=O)NCC(=O)O)C(C)(COC(=O)NCC(=O)O)[C@@H]5CC[C@]43C)[C@@H]2C1. The fraction of sp³-hybridized carbons (Fsp3) is 0.806. The molecule has 5 N–H and O–H groups in total. The number of aliphatic carboxylic acids is 3. The highest BCUT2D eigenvalue weighted by Gasteiger charge is 2.70. The number of ether oxygens (including phenoxy) is 2. The van der Waals surface area contributed by atoms with E-state index in [4.69, 9.17) is 19.7 Å². The van der Waals surface area contributed by atoms with Gasteiger partial charge in [-0.05, 0) is 104 Å². The van der Waals surface area contributed by atoms with Crippen LogP contribution >= 0.6 is 0 Å². The summed E-state index contributed by atoms with van der Waals surface area (Å²) < 4.78 is 11.5. The average molecular weight is 675 g/mol. The van der Waals surface area contributed by atoms with E-state index in [1.54, 1.807) is 0 Å². The zero-order valence-corrected chi connectivity index (χ0v) is 29.3. The first-order chi connectivity index (χ1) is 22.2. The van der Waals surface area contributed by atoms with Gasteiger partial charge in [0.15, 0.2) is 0 Å². The molecule has 268 valence electrons. The summed E-state index contributed by atoms with van der Waals surface area (Å²) in [4.78, 5) is 60.4. The molecule has 48 heavy (non-hydrogen) atoms. The third-order valence-corrected chi connectivity index (χ3v) is 14.3. The maximum Gasteiger partial charge on any atom is 0.407 e. The van der Waals surface area contributed by atoms with Gasteiger partial charge in [0.1, 0.15) is 25.8 Å². The molecule has 12 heteroatoms. The number of nitrogens with one attached hydrogen (secondary N) is 2. The Balaban J connectivity index is 1.49. The Hall–Kier alpha value is -3.31. The quantitative estimate of drug-likeness (QED) is 0.196. The molecule has 0 saturated heterocycles. The van der Waals surface area contributed by atoms with Crippen LogP contribution in [0.5, 0.6) is 0 Å². The minimum Gasteiger partial charge on any atom is -0.481 e. The molecule has 1 unspecified atom stereocenters.